The molecule has 0 aromatic heterocycles. The van der Waals surface area contributed by atoms with E-state index in [1.807, 2.05) is 6.07 Å². The largest absolute Gasteiger partial charge is 0.493 e. The summed E-state index contributed by atoms with van der Waals surface area (Å²) in [6.45, 7) is 1.67. The first-order valence-corrected chi connectivity index (χ1v) is 10.2. The number of aliphatic imine (C=N–C) groups is 1. The van der Waals surface area contributed by atoms with Crippen LogP contribution < -0.4 is 9.47 Å². The number of nitrogens with zero attached hydrogens (tertiary/aromatic N) is 1. The first-order chi connectivity index (χ1) is 13.8. The van der Waals surface area contributed by atoms with Crippen LogP contribution in [0, 0.1) is 3.57 Å². The third kappa shape index (κ3) is 4.91. The molecular formula is C20H14Cl2INO5. The second-order valence-electron chi connectivity index (χ2n) is 5.82. The molecule has 1 aliphatic rings. The molecule has 0 atom stereocenters. The lowest BCUT2D eigenvalue weighted by Gasteiger charge is -2.11. The fourth-order valence-electron chi connectivity index (χ4n) is 2.45. The zero-order chi connectivity index (χ0) is 21.1. The van der Waals surface area contributed by atoms with Gasteiger partial charge >= 0.3 is 11.9 Å². The van der Waals surface area contributed by atoms with Crippen LogP contribution in [0.1, 0.15) is 24.5 Å². The molecule has 0 unspecified atom stereocenters. The van der Waals surface area contributed by atoms with Crippen LogP contribution >= 0.6 is 45.8 Å². The summed E-state index contributed by atoms with van der Waals surface area (Å²) in [6.07, 6.45) is 1.69. The van der Waals surface area contributed by atoms with Gasteiger partial charge in [0.05, 0.1) is 22.7 Å². The third-order valence-corrected chi connectivity index (χ3v) is 5.12. The lowest BCUT2D eigenvalue weighted by molar-refractivity contribution is -0.134. The van der Waals surface area contributed by atoms with Crippen LogP contribution in [0.4, 0.5) is 0 Å². The van der Waals surface area contributed by atoms with Crippen molar-refractivity contribution in [2.45, 2.75) is 13.3 Å². The maximum Gasteiger partial charge on any atom is 0.363 e. The minimum atomic E-state index is -0.619. The summed E-state index contributed by atoms with van der Waals surface area (Å²) < 4.78 is 16.7. The maximum absolute atomic E-state index is 12.3. The van der Waals surface area contributed by atoms with Crippen molar-refractivity contribution in [1.82, 2.24) is 0 Å². The summed E-state index contributed by atoms with van der Waals surface area (Å²) in [4.78, 5) is 28.1. The minimum absolute atomic E-state index is 0.0753. The maximum atomic E-state index is 12.3. The van der Waals surface area contributed by atoms with E-state index in [4.69, 9.17) is 37.4 Å². The van der Waals surface area contributed by atoms with Crippen LogP contribution in [0.25, 0.3) is 6.08 Å². The van der Waals surface area contributed by atoms with Gasteiger partial charge in [-0.15, -0.1) is 0 Å². The van der Waals surface area contributed by atoms with Crippen molar-refractivity contribution in [2.75, 3.05) is 7.11 Å². The monoisotopic (exact) mass is 545 g/mol. The van der Waals surface area contributed by atoms with Crippen molar-refractivity contribution in [2.24, 2.45) is 4.99 Å². The quantitative estimate of drug-likeness (QED) is 0.221. The molecule has 2 aromatic rings. The van der Waals surface area contributed by atoms with Crippen LogP contribution in [0.3, 0.4) is 0 Å². The Morgan fingerprint density at radius 2 is 2.00 bits per heavy atom. The van der Waals surface area contributed by atoms with Crippen molar-refractivity contribution in [1.29, 1.82) is 0 Å². The van der Waals surface area contributed by atoms with Crippen LogP contribution in [-0.4, -0.2) is 24.9 Å². The highest BCUT2D eigenvalue weighted by molar-refractivity contribution is 14.1. The molecule has 29 heavy (non-hydrogen) atoms. The lowest BCUT2D eigenvalue weighted by Crippen LogP contribution is -2.07. The second kappa shape index (κ2) is 9.15. The highest BCUT2D eigenvalue weighted by atomic mass is 127. The van der Waals surface area contributed by atoms with Crippen LogP contribution in [-0.2, 0) is 14.3 Å². The zero-order valence-corrected chi connectivity index (χ0v) is 19.0. The SMILES string of the molecule is CCC(=O)Oc1c(Cl)cc(C=C2N=C(c3cc(I)ccc3Cl)OC2=O)cc1OC. The highest BCUT2D eigenvalue weighted by Crippen LogP contribution is 2.37. The van der Waals surface area contributed by atoms with E-state index in [-0.39, 0.29) is 34.5 Å². The molecule has 6 nitrogen and oxygen atoms in total. The number of esters is 2. The molecule has 150 valence electrons. The Bertz CT molecular complexity index is 1070. The Morgan fingerprint density at radius 1 is 1.24 bits per heavy atom. The Labute approximate surface area is 190 Å². The van der Waals surface area contributed by atoms with E-state index >= 15 is 0 Å². The third-order valence-electron chi connectivity index (χ3n) is 3.84. The van der Waals surface area contributed by atoms with Crippen molar-refractivity contribution in [3.8, 4) is 11.5 Å². The van der Waals surface area contributed by atoms with Crippen molar-refractivity contribution in [3.05, 3.63) is 60.8 Å². The van der Waals surface area contributed by atoms with Crippen LogP contribution in [0.15, 0.2) is 41.0 Å². The molecule has 0 saturated heterocycles. The molecule has 1 heterocycles. The first kappa shape index (κ1) is 21.6. The van der Waals surface area contributed by atoms with Gasteiger partial charge < -0.3 is 14.2 Å². The number of cyclic esters (lactones) is 1. The Hall–Kier alpha value is -2.10. The highest BCUT2D eigenvalue weighted by Gasteiger charge is 2.26. The number of methoxy groups -OCH3 is 1. The van der Waals surface area contributed by atoms with Crippen LogP contribution in [0.2, 0.25) is 10.0 Å². The molecule has 3 rings (SSSR count). The molecule has 9 heteroatoms. The molecule has 0 N–H and O–H groups in total. The van der Waals surface area contributed by atoms with Gasteiger partial charge in [-0.25, -0.2) is 9.79 Å². The van der Waals surface area contributed by atoms with E-state index in [2.05, 4.69) is 27.6 Å². The Balaban J connectivity index is 1.98. The number of carbonyl (C=O) groups excluding carboxylic acids is 2. The summed E-state index contributed by atoms with van der Waals surface area (Å²) in [7, 11) is 1.42. The zero-order valence-electron chi connectivity index (χ0n) is 15.3. The molecular weight excluding hydrogens is 532 g/mol. The molecule has 0 amide bonds. The van der Waals surface area contributed by atoms with E-state index < -0.39 is 11.9 Å². The predicted molar refractivity (Wildman–Crippen MR) is 119 cm³/mol. The minimum Gasteiger partial charge on any atom is -0.493 e. The summed E-state index contributed by atoms with van der Waals surface area (Å²) in [5.74, 6) is -0.573. The van der Waals surface area contributed by atoms with Gasteiger partial charge in [-0.1, -0.05) is 30.1 Å². The van der Waals surface area contributed by atoms with Gasteiger partial charge in [0.15, 0.2) is 17.2 Å². The fraction of sp³-hybridized carbons (Fsp3) is 0.150. The molecule has 0 fully saturated rings. The summed E-state index contributed by atoms with van der Waals surface area (Å²) in [5.41, 5.74) is 1.12. The number of halogens is 3. The molecule has 0 spiro atoms. The number of ether oxygens (including phenoxy) is 3. The van der Waals surface area contributed by atoms with Gasteiger partial charge in [0.25, 0.3) is 0 Å². The smallest absolute Gasteiger partial charge is 0.363 e. The van der Waals surface area contributed by atoms with Crippen molar-refractivity contribution >= 4 is 69.7 Å². The molecule has 1 aliphatic heterocycles. The molecule has 0 saturated carbocycles. The van der Waals surface area contributed by atoms with E-state index in [0.717, 1.165) is 3.57 Å². The number of hydrogen-bond donors (Lipinski definition) is 0. The van der Waals surface area contributed by atoms with E-state index in [1.54, 1.807) is 25.1 Å². The lowest BCUT2D eigenvalue weighted by atomic mass is 10.1. The van der Waals surface area contributed by atoms with Crippen LogP contribution in [0.5, 0.6) is 11.5 Å². The molecule has 0 radical (unpaired) electrons. The van der Waals surface area contributed by atoms with Gasteiger partial charge in [-0.05, 0) is 64.6 Å². The summed E-state index contributed by atoms with van der Waals surface area (Å²) >= 11 is 14.6. The van der Waals surface area contributed by atoms with Gasteiger partial charge in [0.1, 0.15) is 0 Å². The number of rotatable bonds is 5. The fourth-order valence-corrected chi connectivity index (χ4v) is 3.40. The topological polar surface area (TPSA) is 74.2 Å². The van der Waals surface area contributed by atoms with Gasteiger partial charge in [-0.3, -0.25) is 4.79 Å². The van der Waals surface area contributed by atoms with E-state index in [9.17, 15) is 9.59 Å². The second-order valence-corrected chi connectivity index (χ2v) is 7.88. The molecule has 2 aromatic carbocycles. The normalized spacial score (nSPS) is 14.6. The van der Waals surface area contributed by atoms with Gasteiger partial charge in [-0.2, -0.15) is 0 Å². The number of hydrogen-bond acceptors (Lipinski definition) is 6. The number of carbonyl (C=O) groups is 2. The summed E-state index contributed by atoms with van der Waals surface area (Å²) in [5, 5.41) is 0.583. The van der Waals surface area contributed by atoms with Gasteiger partial charge in [0.2, 0.25) is 5.90 Å². The van der Waals surface area contributed by atoms with Crippen molar-refractivity contribution in [3.63, 3.8) is 0 Å². The number of benzene rings is 2. The molecule has 0 aliphatic carbocycles. The Kier molecular flexibility index (Phi) is 6.81. The van der Waals surface area contributed by atoms with Crippen molar-refractivity contribution < 1.29 is 23.8 Å². The average molecular weight is 546 g/mol. The summed E-state index contributed by atoms with van der Waals surface area (Å²) in [6, 6.07) is 8.43. The molecule has 0 bridgehead atoms. The Morgan fingerprint density at radius 3 is 2.69 bits per heavy atom. The average Bonchev–Trinajstić information content (AvgIpc) is 3.05. The van der Waals surface area contributed by atoms with E-state index in [1.165, 1.54) is 19.3 Å². The van der Waals surface area contributed by atoms with E-state index in [0.29, 0.717) is 16.1 Å². The first-order valence-electron chi connectivity index (χ1n) is 8.38. The predicted octanol–water partition coefficient (Wildman–Crippen LogP) is 5.27. The standard InChI is InChI=1S/C20H14Cl2INO5/c1-3-17(25)28-18-14(22)6-10(8-16(18)27-2)7-15-20(26)29-19(24-15)12-9-11(23)4-5-13(12)21/h4-9H,3H2,1-2H3. The van der Waals surface area contributed by atoms with Gasteiger partial charge in [0, 0.05) is 9.99 Å².